The van der Waals surface area contributed by atoms with E-state index in [1.54, 1.807) is 11.3 Å². The van der Waals surface area contributed by atoms with E-state index < -0.39 is 0 Å². The van der Waals surface area contributed by atoms with Gasteiger partial charge >= 0.3 is 0 Å². The van der Waals surface area contributed by atoms with Gasteiger partial charge in [-0.3, -0.25) is 4.79 Å². The Kier molecular flexibility index (Phi) is 4.55. The number of hydrogen-bond acceptors (Lipinski definition) is 7. The van der Waals surface area contributed by atoms with Crippen molar-refractivity contribution in [3.05, 3.63) is 76.4 Å². The Morgan fingerprint density at radius 3 is 2.81 bits per heavy atom. The quantitative estimate of drug-likeness (QED) is 0.491. The molecule has 4 heterocycles. The number of amides is 1. The molecule has 0 saturated carbocycles. The average Bonchev–Trinajstić information content (AvgIpc) is 3.17. The van der Waals surface area contributed by atoms with Gasteiger partial charge in [-0.25, -0.2) is 9.97 Å². The molecule has 8 heteroatoms. The molecular formula is C24H21N5O2S. The van der Waals surface area contributed by atoms with Gasteiger partial charge in [0.1, 0.15) is 23.2 Å². The van der Waals surface area contributed by atoms with Crippen molar-refractivity contribution in [3.8, 4) is 11.6 Å². The minimum absolute atomic E-state index is 0.00131. The Morgan fingerprint density at radius 2 is 1.94 bits per heavy atom. The van der Waals surface area contributed by atoms with E-state index in [1.165, 1.54) is 16.8 Å². The van der Waals surface area contributed by atoms with Gasteiger partial charge in [-0.05, 0) is 48.9 Å². The van der Waals surface area contributed by atoms with Gasteiger partial charge < -0.3 is 20.3 Å². The van der Waals surface area contributed by atoms with Gasteiger partial charge in [0.25, 0.3) is 5.91 Å². The summed E-state index contributed by atoms with van der Waals surface area (Å²) >= 11 is 1.70. The number of nitrogens with zero attached hydrogens (tertiary/aromatic N) is 3. The molecule has 6 rings (SSSR count). The van der Waals surface area contributed by atoms with Crippen LogP contribution in [0.25, 0.3) is 10.9 Å². The van der Waals surface area contributed by atoms with Crippen molar-refractivity contribution in [2.45, 2.75) is 19.1 Å². The number of carbonyl (C=O) groups is 1. The fraction of sp³-hybridized carbons (Fsp3) is 0.208. The minimum Gasteiger partial charge on any atom is -0.438 e. The number of benzene rings is 2. The van der Waals surface area contributed by atoms with Crippen molar-refractivity contribution in [2.24, 2.45) is 0 Å². The average molecular weight is 444 g/mol. The maximum absolute atomic E-state index is 12.9. The van der Waals surface area contributed by atoms with Gasteiger partial charge in [0.2, 0.25) is 5.88 Å². The van der Waals surface area contributed by atoms with Crippen molar-refractivity contribution in [1.29, 1.82) is 0 Å². The van der Waals surface area contributed by atoms with E-state index in [-0.39, 0.29) is 12.1 Å². The summed E-state index contributed by atoms with van der Waals surface area (Å²) in [6, 6.07) is 15.5. The predicted molar refractivity (Wildman–Crippen MR) is 124 cm³/mol. The molecule has 1 amide bonds. The first-order chi connectivity index (χ1) is 15.7. The lowest BCUT2D eigenvalue weighted by Gasteiger charge is -2.27. The summed E-state index contributed by atoms with van der Waals surface area (Å²) in [5, 5.41) is 8.45. The van der Waals surface area contributed by atoms with E-state index in [9.17, 15) is 4.79 Å². The van der Waals surface area contributed by atoms with Crippen LogP contribution in [0.5, 0.6) is 11.6 Å². The topological polar surface area (TPSA) is 79.4 Å². The second-order valence-corrected chi connectivity index (χ2v) is 9.22. The number of carbonyl (C=O) groups excluding carboxylic acids is 1. The molecule has 0 bridgehead atoms. The molecule has 4 aromatic rings. The van der Waals surface area contributed by atoms with Crippen LogP contribution in [0.1, 0.15) is 32.5 Å². The highest BCUT2D eigenvalue weighted by atomic mass is 32.1. The number of nitrogens with one attached hydrogen (secondary N) is 2. The third kappa shape index (κ3) is 3.28. The summed E-state index contributed by atoms with van der Waals surface area (Å²) in [6.07, 6.45) is 2.15. The Hall–Kier alpha value is -3.49. The van der Waals surface area contributed by atoms with Crippen LogP contribution in [0.2, 0.25) is 0 Å². The summed E-state index contributed by atoms with van der Waals surface area (Å²) < 4.78 is 6.02. The zero-order valence-electron chi connectivity index (χ0n) is 17.5. The molecule has 1 atom stereocenters. The number of fused-ring (bicyclic) bond motifs is 4. The van der Waals surface area contributed by atoms with E-state index in [0.29, 0.717) is 11.6 Å². The molecular weight excluding hydrogens is 422 g/mol. The zero-order chi connectivity index (χ0) is 21.7. The number of ether oxygens (including phenoxy) is 1. The van der Waals surface area contributed by atoms with Crippen molar-refractivity contribution in [3.63, 3.8) is 0 Å². The first-order valence-electron chi connectivity index (χ1n) is 10.5. The normalized spacial score (nSPS) is 17.9. The Morgan fingerprint density at radius 1 is 1.09 bits per heavy atom. The standard InChI is InChI=1S/C24H21N5O2S/c1-29-11-10-17-19(12-29)32-24-20(17)22(30)27-21(28-24)14-6-8-15(9-7-14)31-23-16-4-2-3-5-18(16)25-13-26-23/h2-9,13,21,28H,10-12H2,1H3,(H,27,30). The molecule has 1 unspecified atom stereocenters. The monoisotopic (exact) mass is 443 g/mol. The second kappa shape index (κ2) is 7.58. The SMILES string of the molecule is CN1CCc2c(sc3c2C(=O)NC(c2ccc(Oc4ncnc5ccccc45)cc2)N3)C1. The largest absolute Gasteiger partial charge is 0.438 e. The van der Waals surface area contributed by atoms with Crippen LogP contribution in [0.3, 0.4) is 0 Å². The number of likely N-dealkylation sites (N-methyl/N-ethyl adjacent to an activating group) is 1. The minimum atomic E-state index is -0.276. The third-order valence-electron chi connectivity index (χ3n) is 5.96. The summed E-state index contributed by atoms with van der Waals surface area (Å²) in [6.45, 7) is 1.88. The maximum Gasteiger partial charge on any atom is 0.256 e. The van der Waals surface area contributed by atoms with Gasteiger partial charge in [0.05, 0.1) is 16.5 Å². The van der Waals surface area contributed by atoms with Gasteiger partial charge in [0.15, 0.2) is 0 Å². The fourth-order valence-electron chi connectivity index (χ4n) is 4.31. The maximum atomic E-state index is 12.9. The highest BCUT2D eigenvalue weighted by Crippen LogP contribution is 2.40. The first kappa shape index (κ1) is 19.2. The van der Waals surface area contributed by atoms with E-state index in [2.05, 4.69) is 32.5 Å². The van der Waals surface area contributed by atoms with E-state index in [1.807, 2.05) is 48.5 Å². The third-order valence-corrected chi connectivity index (χ3v) is 7.11. The van der Waals surface area contributed by atoms with Crippen LogP contribution in [-0.4, -0.2) is 34.4 Å². The molecule has 2 N–H and O–H groups in total. The van der Waals surface area contributed by atoms with Crippen molar-refractivity contribution in [2.75, 3.05) is 18.9 Å². The molecule has 2 aromatic heterocycles. The molecule has 0 aliphatic carbocycles. The highest BCUT2D eigenvalue weighted by Gasteiger charge is 2.32. The van der Waals surface area contributed by atoms with Crippen molar-refractivity contribution < 1.29 is 9.53 Å². The van der Waals surface area contributed by atoms with E-state index >= 15 is 0 Å². The summed E-state index contributed by atoms with van der Waals surface area (Å²) in [5.74, 6) is 1.19. The Balaban J connectivity index is 1.24. The molecule has 2 aromatic carbocycles. The molecule has 0 saturated heterocycles. The van der Waals surface area contributed by atoms with Gasteiger partial charge in [-0.2, -0.15) is 0 Å². The van der Waals surface area contributed by atoms with Gasteiger partial charge in [-0.15, -0.1) is 11.3 Å². The lowest BCUT2D eigenvalue weighted by Crippen LogP contribution is -2.38. The van der Waals surface area contributed by atoms with Crippen molar-refractivity contribution >= 4 is 33.1 Å². The number of hydrogen-bond donors (Lipinski definition) is 2. The first-order valence-corrected chi connectivity index (χ1v) is 11.4. The van der Waals surface area contributed by atoms with Crippen LogP contribution >= 0.6 is 11.3 Å². The van der Waals surface area contributed by atoms with E-state index in [0.717, 1.165) is 46.5 Å². The van der Waals surface area contributed by atoms with Crippen LogP contribution in [0, 0.1) is 0 Å². The summed E-state index contributed by atoms with van der Waals surface area (Å²) in [7, 11) is 2.12. The van der Waals surface area contributed by atoms with Gasteiger partial charge in [-0.1, -0.05) is 24.3 Å². The summed E-state index contributed by atoms with van der Waals surface area (Å²) in [4.78, 5) is 25.0. The molecule has 160 valence electrons. The molecule has 2 aliphatic rings. The lowest BCUT2D eigenvalue weighted by atomic mass is 10.0. The summed E-state index contributed by atoms with van der Waals surface area (Å²) in [5.41, 5.74) is 3.83. The molecule has 0 spiro atoms. The molecule has 0 radical (unpaired) electrons. The highest BCUT2D eigenvalue weighted by molar-refractivity contribution is 7.16. The van der Waals surface area contributed by atoms with Crippen LogP contribution < -0.4 is 15.4 Å². The molecule has 2 aliphatic heterocycles. The van der Waals surface area contributed by atoms with Gasteiger partial charge in [0, 0.05) is 18.0 Å². The smallest absolute Gasteiger partial charge is 0.256 e. The number of rotatable bonds is 3. The predicted octanol–water partition coefficient (Wildman–Crippen LogP) is 4.33. The number of anilines is 1. The Bertz CT molecular complexity index is 1330. The molecule has 32 heavy (non-hydrogen) atoms. The van der Waals surface area contributed by atoms with E-state index in [4.69, 9.17) is 4.74 Å². The molecule has 7 nitrogen and oxygen atoms in total. The number of aromatic nitrogens is 2. The van der Waals surface area contributed by atoms with Crippen LogP contribution in [-0.2, 0) is 13.0 Å². The van der Waals surface area contributed by atoms with Crippen molar-refractivity contribution in [1.82, 2.24) is 20.2 Å². The number of thiophene rings is 1. The number of para-hydroxylation sites is 1. The van der Waals surface area contributed by atoms with Crippen LogP contribution in [0.15, 0.2) is 54.9 Å². The lowest BCUT2D eigenvalue weighted by molar-refractivity contribution is 0.0935. The zero-order valence-corrected chi connectivity index (χ0v) is 18.3. The fourth-order valence-corrected chi connectivity index (χ4v) is 5.66. The second-order valence-electron chi connectivity index (χ2n) is 8.11. The Labute approximate surface area is 189 Å². The van der Waals surface area contributed by atoms with Crippen LogP contribution in [0.4, 0.5) is 5.00 Å². The molecule has 0 fully saturated rings.